The zero-order valence-corrected chi connectivity index (χ0v) is 24.2. The molecule has 0 amide bonds. The molecule has 0 saturated carbocycles. The number of halogens is 20. The second kappa shape index (κ2) is 12.5. The van der Waals surface area contributed by atoms with Crippen LogP contribution in [0, 0.1) is 70.9 Å². The molecule has 21 heteroatoms. The third-order valence-electron chi connectivity index (χ3n) is 8.02. The van der Waals surface area contributed by atoms with Gasteiger partial charge >= 0.3 is 18.5 Å². The fourth-order valence-corrected chi connectivity index (χ4v) is 5.97. The van der Waals surface area contributed by atoms with Gasteiger partial charge in [-0.3, -0.25) is 0 Å². The van der Waals surface area contributed by atoms with Gasteiger partial charge in [-0.05, 0) is 18.1 Å². The molecular weight excluding hydrogens is 751 g/mol. The highest BCUT2D eigenvalue weighted by molar-refractivity contribution is 7.20. The fraction of sp³-hybridized carbons (Fsp3) is 0.133. The smallest absolute Gasteiger partial charge is 0.207 e. The minimum Gasteiger partial charge on any atom is -0.207 e. The van der Waals surface area contributed by atoms with Crippen LogP contribution in [-0.4, -0.2) is 6.15 Å². The Balaban J connectivity index is 2.59. The van der Waals surface area contributed by atoms with Crippen LogP contribution >= 0.6 is 0 Å². The Hall–Kier alpha value is -4.72. The third-order valence-corrected chi connectivity index (χ3v) is 8.02. The van der Waals surface area contributed by atoms with Gasteiger partial charge in [-0.2, -0.15) is 50.4 Å². The van der Waals surface area contributed by atoms with Gasteiger partial charge in [0, 0.05) is 0 Å². The van der Waals surface area contributed by atoms with Crippen LogP contribution < -0.4 is 21.9 Å². The molecule has 0 atom stereocenters. The molecule has 0 spiro atoms. The van der Waals surface area contributed by atoms with E-state index in [4.69, 9.17) is 0 Å². The first-order chi connectivity index (χ1) is 23.2. The average molecular weight is 761 g/mol. The lowest BCUT2D eigenvalue weighted by atomic mass is 9.12. The maximum atomic E-state index is 16.1. The second-order valence-electron chi connectivity index (χ2n) is 10.7. The molecule has 0 aliphatic carbocycles. The van der Waals surface area contributed by atoms with Crippen molar-refractivity contribution in [3.8, 4) is 0 Å². The summed E-state index contributed by atoms with van der Waals surface area (Å²) in [5.74, 6) is -38.1. The molecular formula is C30H10BF20-. The lowest BCUT2D eigenvalue weighted by Crippen LogP contribution is -2.79. The van der Waals surface area contributed by atoms with Crippen LogP contribution in [-0.2, 0) is 18.5 Å². The number of rotatable bonds is 5. The van der Waals surface area contributed by atoms with Gasteiger partial charge in [-0.1, -0.05) is 36.9 Å². The van der Waals surface area contributed by atoms with Crippen molar-refractivity contribution in [2.75, 3.05) is 0 Å². The molecule has 274 valence electrons. The molecule has 0 aliphatic rings. The quantitative estimate of drug-likeness (QED) is 0.109. The van der Waals surface area contributed by atoms with Crippen molar-refractivity contribution in [2.45, 2.75) is 25.5 Å². The van der Waals surface area contributed by atoms with Crippen molar-refractivity contribution < 1.29 is 87.8 Å². The summed E-state index contributed by atoms with van der Waals surface area (Å²) in [7, 11) is 0. The first-order valence-electron chi connectivity index (χ1n) is 13.2. The first-order valence-corrected chi connectivity index (χ1v) is 13.2. The van der Waals surface area contributed by atoms with Crippen LogP contribution in [0.25, 0.3) is 6.08 Å². The van der Waals surface area contributed by atoms with Gasteiger partial charge in [0.15, 0.2) is 29.1 Å². The van der Waals surface area contributed by atoms with Gasteiger partial charge in [0.1, 0.15) is 57.7 Å². The van der Waals surface area contributed by atoms with E-state index in [2.05, 4.69) is 6.58 Å². The zero-order chi connectivity index (χ0) is 39.1. The summed E-state index contributed by atoms with van der Waals surface area (Å²) >= 11 is 0. The van der Waals surface area contributed by atoms with Gasteiger partial charge in [-0.15, -0.1) is 10.9 Å². The van der Waals surface area contributed by atoms with Gasteiger partial charge in [0.05, 0.1) is 0 Å². The molecule has 0 unspecified atom stereocenters. The summed E-state index contributed by atoms with van der Waals surface area (Å²) < 4.78 is 294. The molecule has 0 heterocycles. The minimum atomic E-state index is -6.41. The predicted molar refractivity (Wildman–Crippen MR) is 139 cm³/mol. The number of hydrogen-bond acceptors (Lipinski definition) is 0. The van der Waals surface area contributed by atoms with E-state index in [9.17, 15) is 39.5 Å². The molecule has 0 saturated heterocycles. The summed E-state index contributed by atoms with van der Waals surface area (Å²) in [6.07, 6.45) is -24.3. The van der Waals surface area contributed by atoms with Crippen molar-refractivity contribution >= 4 is 34.1 Å². The Morgan fingerprint density at radius 2 is 0.706 bits per heavy atom. The molecule has 0 N–H and O–H groups in total. The van der Waals surface area contributed by atoms with Crippen molar-refractivity contribution in [1.82, 2.24) is 0 Å². The number of hydrogen-bond donors (Lipinski definition) is 0. The summed E-state index contributed by atoms with van der Waals surface area (Å²) in [6, 6.07) is 1.59. The van der Waals surface area contributed by atoms with E-state index < -0.39 is 133 Å². The van der Waals surface area contributed by atoms with Crippen molar-refractivity contribution in [1.29, 1.82) is 0 Å². The monoisotopic (exact) mass is 761 g/mol. The molecule has 0 nitrogen and oxygen atoms in total. The van der Waals surface area contributed by atoms with Crippen LogP contribution in [0.5, 0.6) is 0 Å². The van der Waals surface area contributed by atoms with Crippen LogP contribution in [0.4, 0.5) is 87.8 Å². The maximum Gasteiger partial charge on any atom is 0.422 e. The zero-order valence-electron chi connectivity index (χ0n) is 24.2. The molecule has 0 radical (unpaired) electrons. The van der Waals surface area contributed by atoms with Crippen LogP contribution in [0.1, 0.15) is 27.8 Å². The third kappa shape index (κ3) is 5.77. The lowest BCUT2D eigenvalue weighted by molar-refractivity contribution is -0.144. The summed E-state index contributed by atoms with van der Waals surface area (Å²) in [5, 5.41) is 0. The fourth-order valence-electron chi connectivity index (χ4n) is 5.97. The van der Waals surface area contributed by atoms with E-state index in [1.165, 1.54) is 0 Å². The van der Waals surface area contributed by atoms with E-state index in [1.54, 1.807) is 0 Å². The lowest BCUT2D eigenvalue weighted by Gasteiger charge is -2.46. The van der Waals surface area contributed by atoms with Gasteiger partial charge < -0.3 is 0 Å². The second-order valence-corrected chi connectivity index (χ2v) is 10.7. The summed E-state index contributed by atoms with van der Waals surface area (Å²) in [5.41, 5.74) is -22.8. The molecule has 0 aliphatic heterocycles. The van der Waals surface area contributed by atoms with Gasteiger partial charge in [0.2, 0.25) is 0 Å². The minimum absolute atomic E-state index is 0.0732. The Bertz CT molecular complexity index is 1800. The Labute approximate surface area is 270 Å². The van der Waals surface area contributed by atoms with Crippen LogP contribution in [0.3, 0.4) is 0 Å². The maximum absolute atomic E-state index is 16.1. The molecule has 0 fully saturated rings. The highest BCUT2D eigenvalue weighted by atomic mass is 19.4. The van der Waals surface area contributed by atoms with E-state index in [1.807, 2.05) is 0 Å². The molecule has 4 aromatic carbocycles. The van der Waals surface area contributed by atoms with Crippen molar-refractivity contribution in [3.63, 3.8) is 0 Å². The molecule has 0 aromatic heterocycles. The van der Waals surface area contributed by atoms with E-state index in [0.717, 1.165) is 6.08 Å². The predicted octanol–water partition coefficient (Wildman–Crippen LogP) is 8.60. The van der Waals surface area contributed by atoms with E-state index in [-0.39, 0.29) is 24.6 Å². The molecule has 51 heavy (non-hydrogen) atoms. The topological polar surface area (TPSA) is 0 Å². The van der Waals surface area contributed by atoms with E-state index in [0.29, 0.717) is 12.1 Å². The van der Waals surface area contributed by atoms with Crippen LogP contribution in [0.15, 0.2) is 30.8 Å². The Morgan fingerprint density at radius 3 is 0.980 bits per heavy atom. The highest BCUT2D eigenvalue weighted by Gasteiger charge is 2.52. The first kappa shape index (κ1) is 39.1. The summed E-state index contributed by atoms with van der Waals surface area (Å²) in [4.78, 5) is 0. The molecule has 0 bridgehead atoms. The highest BCUT2D eigenvalue weighted by Crippen LogP contribution is 2.40. The van der Waals surface area contributed by atoms with E-state index >= 15 is 48.3 Å². The van der Waals surface area contributed by atoms with Crippen molar-refractivity contribution in [3.05, 3.63) is 123 Å². The SMILES string of the molecule is C=Cc1ccc([B-](c2c(C)c(F)c(C(F)(F)F)c(F)c2F)(c2c(F)c(F)c(C(F)(F)F)c(F)c2F)c2c(F)c(F)c(C(F)(F)F)c(F)c2F)cc1. The Morgan fingerprint density at radius 1 is 0.431 bits per heavy atom. The average Bonchev–Trinajstić information content (AvgIpc) is 3.00. The number of benzene rings is 4. The summed E-state index contributed by atoms with van der Waals surface area (Å²) in [6.45, 7) is 3.16. The normalized spacial score (nSPS) is 12.9. The van der Waals surface area contributed by atoms with Crippen LogP contribution in [0.2, 0.25) is 0 Å². The largest absolute Gasteiger partial charge is 0.422 e. The van der Waals surface area contributed by atoms with Gasteiger partial charge in [-0.25, -0.2) is 48.3 Å². The van der Waals surface area contributed by atoms with Crippen molar-refractivity contribution in [2.24, 2.45) is 0 Å². The molecule has 4 aromatic rings. The number of alkyl halides is 9. The Kier molecular flexibility index (Phi) is 9.58. The standard InChI is InChI=1S/C30H10BF20/c1-3-9-4-6-10(7-5-9)31(14-8(2)17(32)11(28(43,44)45)18(33)23(14)38,15-24(39)19(34)12(29(46,47)48)20(35)25(15)40)16-26(41)21(36)13(30(49,50)51)22(37)27(16)42/h3-7H,1H2,2H3/q-1. The van der Waals surface area contributed by atoms with Gasteiger partial charge in [0.25, 0.3) is 0 Å². The molecule has 4 rings (SSSR count).